The lowest BCUT2D eigenvalue weighted by Gasteiger charge is -2.16. The van der Waals surface area contributed by atoms with Crippen LogP contribution >= 0.6 is 0 Å². The molecule has 0 saturated carbocycles. The van der Waals surface area contributed by atoms with Gasteiger partial charge in [0, 0.05) is 0 Å². The topological polar surface area (TPSA) is 160 Å². The number of nitrogen functional groups attached to an aromatic ring is 1. The molecule has 10 nitrogen and oxygen atoms in total. The Bertz CT molecular complexity index is 782. The maximum absolute atomic E-state index is 10.1. The number of nitrogens with two attached hydrogens (primary N) is 1. The van der Waals surface area contributed by atoms with Crippen LogP contribution in [0.4, 0.5) is 5.82 Å². The fourth-order valence-electron chi connectivity index (χ4n) is 2.41. The molecule has 1 saturated heterocycles. The highest BCUT2D eigenvalue weighted by atomic mass is 16.6. The van der Waals surface area contributed by atoms with Gasteiger partial charge in [-0.05, 0) is 5.92 Å². The van der Waals surface area contributed by atoms with Crippen LogP contribution in [0.5, 0.6) is 0 Å². The second-order valence-corrected chi connectivity index (χ2v) is 4.95. The van der Waals surface area contributed by atoms with E-state index in [0.717, 1.165) is 0 Å². The largest absolute Gasteiger partial charge is 0.394 e. The van der Waals surface area contributed by atoms with Gasteiger partial charge in [0.1, 0.15) is 30.4 Å². The highest BCUT2D eigenvalue weighted by molar-refractivity contribution is 5.82. The molecule has 0 bridgehead atoms. The van der Waals surface area contributed by atoms with Crippen molar-refractivity contribution in [2.24, 2.45) is 0 Å². The first-order chi connectivity index (χ1) is 11.1. The minimum atomic E-state index is -1.27. The predicted molar refractivity (Wildman–Crippen MR) is 76.7 cm³/mol. The second-order valence-electron chi connectivity index (χ2n) is 4.95. The Morgan fingerprint density at radius 1 is 1.26 bits per heavy atom. The van der Waals surface area contributed by atoms with Crippen LogP contribution in [0.2, 0.25) is 0 Å². The summed E-state index contributed by atoms with van der Waals surface area (Å²) in [5.41, 5.74) is 6.35. The molecule has 4 atom stereocenters. The minimum Gasteiger partial charge on any atom is -0.394 e. The maximum Gasteiger partial charge on any atom is 0.209 e. The molecule has 6 N–H and O–H groups in total. The zero-order valence-electron chi connectivity index (χ0n) is 11.9. The molecule has 0 amide bonds. The van der Waals surface area contributed by atoms with Gasteiger partial charge in [-0.1, -0.05) is 5.92 Å². The normalized spacial score (nSPS) is 27.1. The summed E-state index contributed by atoms with van der Waals surface area (Å²) in [4.78, 5) is 12.2. The molecule has 0 aliphatic carbocycles. The Hall–Kier alpha value is -2.29. The Balaban J connectivity index is 2.06. The summed E-state index contributed by atoms with van der Waals surface area (Å²) in [6.45, 7) is -0.791. The third-order valence-electron chi connectivity index (χ3n) is 3.52. The monoisotopic (exact) mass is 321 g/mol. The zero-order valence-corrected chi connectivity index (χ0v) is 11.9. The summed E-state index contributed by atoms with van der Waals surface area (Å²) >= 11 is 0. The van der Waals surface area contributed by atoms with Gasteiger partial charge in [0.25, 0.3) is 0 Å². The first kappa shape index (κ1) is 15.6. The molecular formula is C13H15N5O5. The smallest absolute Gasteiger partial charge is 0.209 e. The predicted octanol–water partition coefficient (Wildman–Crippen LogP) is -2.64. The number of hydrogen-bond acceptors (Lipinski definition) is 9. The van der Waals surface area contributed by atoms with Crippen LogP contribution in [-0.4, -0.2) is 71.5 Å². The third-order valence-corrected chi connectivity index (χ3v) is 3.52. The quantitative estimate of drug-likeness (QED) is 0.373. The van der Waals surface area contributed by atoms with E-state index in [9.17, 15) is 10.2 Å². The SMILES string of the molecule is Nc1nc(C#CCO)nc2c1ncn2[C@@H]1O[C@H](CO)C(O)C1O. The Morgan fingerprint density at radius 3 is 2.70 bits per heavy atom. The van der Waals surface area contributed by atoms with Crippen LogP contribution in [0.3, 0.4) is 0 Å². The Labute approximate surface area is 130 Å². The maximum atomic E-state index is 10.1. The number of ether oxygens (including phenoxy) is 1. The number of imidazole rings is 1. The van der Waals surface area contributed by atoms with E-state index in [2.05, 4.69) is 26.8 Å². The van der Waals surface area contributed by atoms with Crippen molar-refractivity contribution in [3.8, 4) is 11.8 Å². The molecule has 10 heteroatoms. The first-order valence-corrected chi connectivity index (χ1v) is 6.79. The first-order valence-electron chi connectivity index (χ1n) is 6.79. The van der Waals surface area contributed by atoms with Gasteiger partial charge in [0.15, 0.2) is 17.7 Å². The molecule has 0 aromatic carbocycles. The number of nitrogens with zero attached hydrogens (tertiary/aromatic N) is 4. The fraction of sp³-hybridized carbons (Fsp3) is 0.462. The van der Waals surface area contributed by atoms with Gasteiger partial charge in [0.05, 0.1) is 12.9 Å². The molecule has 2 unspecified atom stereocenters. The molecule has 1 aliphatic rings. The van der Waals surface area contributed by atoms with Crippen molar-refractivity contribution in [2.45, 2.75) is 24.5 Å². The van der Waals surface area contributed by atoms with Gasteiger partial charge < -0.3 is 30.9 Å². The van der Waals surface area contributed by atoms with Crippen molar-refractivity contribution in [3.05, 3.63) is 12.2 Å². The lowest BCUT2D eigenvalue weighted by molar-refractivity contribution is -0.0511. The van der Waals surface area contributed by atoms with Crippen molar-refractivity contribution in [2.75, 3.05) is 18.9 Å². The van der Waals surface area contributed by atoms with E-state index >= 15 is 0 Å². The summed E-state index contributed by atoms with van der Waals surface area (Å²) in [6.07, 6.45) is -3.07. The number of rotatable bonds is 2. The van der Waals surface area contributed by atoms with Gasteiger partial charge in [-0.15, -0.1) is 0 Å². The molecule has 1 fully saturated rings. The summed E-state index contributed by atoms with van der Waals surface area (Å²) < 4.78 is 6.83. The van der Waals surface area contributed by atoms with E-state index in [4.69, 9.17) is 20.7 Å². The summed E-state index contributed by atoms with van der Waals surface area (Å²) in [5, 5.41) is 37.8. The summed E-state index contributed by atoms with van der Waals surface area (Å²) in [6, 6.07) is 0. The van der Waals surface area contributed by atoms with Gasteiger partial charge >= 0.3 is 0 Å². The number of aliphatic hydroxyl groups is 4. The highest BCUT2D eigenvalue weighted by Crippen LogP contribution is 2.31. The molecule has 0 spiro atoms. The fourth-order valence-corrected chi connectivity index (χ4v) is 2.41. The van der Waals surface area contributed by atoms with Gasteiger partial charge in [-0.25, -0.2) is 15.0 Å². The van der Waals surface area contributed by atoms with E-state index in [1.54, 1.807) is 0 Å². The van der Waals surface area contributed by atoms with Crippen LogP contribution in [-0.2, 0) is 4.74 Å². The van der Waals surface area contributed by atoms with Crippen molar-refractivity contribution < 1.29 is 25.2 Å². The average Bonchev–Trinajstić information content (AvgIpc) is 3.08. The van der Waals surface area contributed by atoms with Crippen molar-refractivity contribution >= 4 is 17.0 Å². The number of aliphatic hydroxyl groups excluding tert-OH is 4. The molecule has 0 radical (unpaired) electrons. The summed E-state index contributed by atoms with van der Waals surface area (Å²) in [7, 11) is 0. The Morgan fingerprint density at radius 2 is 2.04 bits per heavy atom. The molecule has 2 aromatic heterocycles. The highest BCUT2D eigenvalue weighted by Gasteiger charge is 2.44. The number of hydrogen-bond donors (Lipinski definition) is 5. The van der Waals surface area contributed by atoms with E-state index < -0.39 is 31.1 Å². The lowest BCUT2D eigenvalue weighted by Crippen LogP contribution is -2.33. The minimum absolute atomic E-state index is 0.0811. The van der Waals surface area contributed by atoms with Gasteiger partial charge in [-0.2, -0.15) is 0 Å². The molecule has 2 aromatic rings. The molecular weight excluding hydrogens is 306 g/mol. The van der Waals surface area contributed by atoms with Crippen molar-refractivity contribution in [3.63, 3.8) is 0 Å². The third kappa shape index (κ3) is 2.61. The zero-order chi connectivity index (χ0) is 16.6. The van der Waals surface area contributed by atoms with Crippen LogP contribution in [0, 0.1) is 11.8 Å². The molecule has 122 valence electrons. The van der Waals surface area contributed by atoms with E-state index in [1.807, 2.05) is 0 Å². The van der Waals surface area contributed by atoms with Gasteiger partial charge in [-0.3, -0.25) is 4.57 Å². The van der Waals surface area contributed by atoms with Crippen LogP contribution in [0.15, 0.2) is 6.33 Å². The van der Waals surface area contributed by atoms with E-state index in [-0.39, 0.29) is 29.4 Å². The number of anilines is 1. The Kier molecular flexibility index (Phi) is 4.12. The second kappa shape index (κ2) is 6.07. The van der Waals surface area contributed by atoms with Crippen LogP contribution in [0.25, 0.3) is 11.2 Å². The number of fused-ring (bicyclic) bond motifs is 1. The lowest BCUT2D eigenvalue weighted by atomic mass is 10.1. The molecule has 23 heavy (non-hydrogen) atoms. The standard InChI is InChI=1S/C13H15N5O5/c14-11-8-12(17-7(16-11)2-1-3-19)18(5-15-8)13-10(22)9(21)6(4-20)23-13/h5-6,9-10,13,19-22H,3-4H2,(H2,14,16,17)/t6-,9?,10?,13-/m1/s1. The van der Waals surface area contributed by atoms with Crippen LogP contribution < -0.4 is 5.73 Å². The molecule has 3 rings (SSSR count). The van der Waals surface area contributed by atoms with Crippen molar-refractivity contribution in [1.82, 2.24) is 19.5 Å². The number of aromatic nitrogens is 4. The van der Waals surface area contributed by atoms with Crippen LogP contribution in [0.1, 0.15) is 12.1 Å². The van der Waals surface area contributed by atoms with Crippen molar-refractivity contribution in [1.29, 1.82) is 0 Å². The molecule has 3 heterocycles. The van der Waals surface area contributed by atoms with Gasteiger partial charge in [0.2, 0.25) is 5.82 Å². The molecule has 1 aliphatic heterocycles. The average molecular weight is 321 g/mol. The van der Waals surface area contributed by atoms with E-state index in [0.29, 0.717) is 0 Å². The summed E-state index contributed by atoms with van der Waals surface area (Å²) in [5.74, 6) is 5.12. The van der Waals surface area contributed by atoms with E-state index in [1.165, 1.54) is 10.9 Å².